The highest BCUT2D eigenvalue weighted by atomic mass is 16.6. The van der Waals surface area contributed by atoms with Crippen LogP contribution in [0.4, 0.5) is 11.6 Å². The molecule has 0 N–H and O–H groups in total. The molecule has 4 rings (SSSR count). The van der Waals surface area contributed by atoms with Crippen molar-refractivity contribution < 1.29 is 14.1 Å². The molecule has 8 heteroatoms. The first kappa shape index (κ1) is 18.2. The highest BCUT2D eigenvalue weighted by molar-refractivity contribution is 6.38. The minimum Gasteiger partial charge on any atom is -0.401 e. The second kappa shape index (κ2) is 7.46. The van der Waals surface area contributed by atoms with E-state index in [9.17, 15) is 14.9 Å². The molecule has 2 heterocycles. The number of hydrogen-bond acceptors (Lipinski definition) is 7. The highest BCUT2D eigenvalue weighted by Crippen LogP contribution is 2.41. The van der Waals surface area contributed by atoms with Crippen molar-refractivity contribution in [2.24, 2.45) is 5.10 Å². The number of nitrogens with zero attached hydrogens (tertiary/aromatic N) is 4. The summed E-state index contributed by atoms with van der Waals surface area (Å²) in [5.74, 6) is 0.332. The first-order valence-corrected chi connectivity index (χ1v) is 9.52. The first-order chi connectivity index (χ1) is 13.6. The van der Waals surface area contributed by atoms with Gasteiger partial charge < -0.3 is 9.32 Å². The average molecular weight is 382 g/mol. The summed E-state index contributed by atoms with van der Waals surface area (Å²) in [4.78, 5) is 25.0. The van der Waals surface area contributed by atoms with Crippen LogP contribution in [0.3, 0.4) is 0 Å². The Balaban J connectivity index is 1.81. The van der Waals surface area contributed by atoms with E-state index in [2.05, 4.69) is 5.10 Å². The number of amidine groups is 1. The summed E-state index contributed by atoms with van der Waals surface area (Å²) in [5.41, 5.74) is 0.795. The maximum absolute atomic E-state index is 12.4. The van der Waals surface area contributed by atoms with E-state index in [-0.39, 0.29) is 17.7 Å². The third-order valence-electron chi connectivity index (χ3n) is 5.29. The van der Waals surface area contributed by atoms with Crippen LogP contribution in [0.2, 0.25) is 0 Å². The predicted octanol–water partition coefficient (Wildman–Crippen LogP) is 4.24. The Bertz CT molecular complexity index is 902. The molecule has 28 heavy (non-hydrogen) atoms. The fourth-order valence-corrected chi connectivity index (χ4v) is 4.04. The Labute approximate surface area is 162 Å². The molecule has 0 amide bonds. The van der Waals surface area contributed by atoms with Crippen molar-refractivity contribution in [3.05, 3.63) is 58.3 Å². The molecule has 0 bridgehead atoms. The number of hydrogen-bond donors (Lipinski definition) is 0. The summed E-state index contributed by atoms with van der Waals surface area (Å²) in [5, 5.41) is 17.5. The normalized spacial score (nSPS) is 20.3. The molecule has 146 valence electrons. The molecular formula is C20H22N4O4. The van der Waals surface area contributed by atoms with Crippen LogP contribution >= 0.6 is 0 Å². The van der Waals surface area contributed by atoms with Crippen LogP contribution in [0.25, 0.3) is 0 Å². The summed E-state index contributed by atoms with van der Waals surface area (Å²) in [7, 11) is 0. The monoisotopic (exact) mass is 382 g/mol. The van der Waals surface area contributed by atoms with E-state index < -0.39 is 11.1 Å². The van der Waals surface area contributed by atoms with Crippen molar-refractivity contribution in [2.75, 3.05) is 5.01 Å². The second-order valence-electron chi connectivity index (χ2n) is 7.17. The zero-order valence-corrected chi connectivity index (χ0v) is 15.7. The highest BCUT2D eigenvalue weighted by Gasteiger charge is 2.44. The van der Waals surface area contributed by atoms with Gasteiger partial charge in [-0.25, -0.2) is 5.01 Å². The molecule has 1 aliphatic heterocycles. The number of nitro groups is 1. The molecule has 8 nitrogen and oxygen atoms in total. The maximum Gasteiger partial charge on any atom is 0.433 e. The molecule has 0 unspecified atom stereocenters. The lowest BCUT2D eigenvalue weighted by Gasteiger charge is -2.37. The van der Waals surface area contributed by atoms with Crippen LogP contribution in [-0.4, -0.2) is 27.5 Å². The Kier molecular flexibility index (Phi) is 4.85. The SMILES string of the molecule is CC(=O)C1=NN(c2ccccc2)[C@H](c2ccc([N+](=O)[O-])o2)N1C1CCCCC1. The number of ketones is 1. The number of carbonyl (C=O) groups is 1. The van der Waals surface area contributed by atoms with E-state index in [1.807, 2.05) is 35.2 Å². The lowest BCUT2D eigenvalue weighted by atomic mass is 9.93. The van der Waals surface area contributed by atoms with E-state index in [1.54, 1.807) is 11.1 Å². The number of hydrazone groups is 1. The molecule has 2 aromatic rings. The predicted molar refractivity (Wildman–Crippen MR) is 104 cm³/mol. The standard InChI is InChI=1S/C20H22N4O4/c1-14(25)19-21-23(16-10-6-3-7-11-16)20(17-12-13-18(28-17)24(26)27)22(19)15-8-4-2-5-9-15/h3,6-7,10-13,15,20H,2,4-5,8-9H2,1H3/t20-/m1/s1. The van der Waals surface area contributed by atoms with Crippen molar-refractivity contribution in [3.63, 3.8) is 0 Å². The van der Waals surface area contributed by atoms with Gasteiger partial charge in [0, 0.05) is 13.0 Å². The quantitative estimate of drug-likeness (QED) is 0.567. The average Bonchev–Trinajstić information content (AvgIpc) is 3.34. The molecule has 0 spiro atoms. The van der Waals surface area contributed by atoms with Crippen molar-refractivity contribution in [2.45, 2.75) is 51.2 Å². The summed E-state index contributed by atoms with van der Waals surface area (Å²) in [6.07, 6.45) is 4.72. The van der Waals surface area contributed by atoms with E-state index in [1.165, 1.54) is 19.4 Å². The summed E-state index contributed by atoms with van der Waals surface area (Å²) in [6.45, 7) is 1.50. The van der Waals surface area contributed by atoms with Crippen molar-refractivity contribution >= 4 is 23.2 Å². The van der Waals surface area contributed by atoms with Crippen molar-refractivity contribution in [1.82, 2.24) is 4.90 Å². The fraction of sp³-hybridized carbons (Fsp3) is 0.400. The van der Waals surface area contributed by atoms with Gasteiger partial charge in [-0.2, -0.15) is 0 Å². The third-order valence-corrected chi connectivity index (χ3v) is 5.29. The molecule has 1 aliphatic carbocycles. The Morgan fingerprint density at radius 2 is 1.86 bits per heavy atom. The summed E-state index contributed by atoms with van der Waals surface area (Å²) in [6, 6.07) is 12.6. The lowest BCUT2D eigenvalue weighted by Crippen LogP contribution is -2.45. The van der Waals surface area contributed by atoms with E-state index in [4.69, 9.17) is 4.42 Å². The van der Waals surface area contributed by atoms with Crippen LogP contribution in [0.1, 0.15) is 51.0 Å². The largest absolute Gasteiger partial charge is 0.433 e. The van der Waals surface area contributed by atoms with E-state index >= 15 is 0 Å². The zero-order chi connectivity index (χ0) is 19.7. The van der Waals surface area contributed by atoms with Gasteiger partial charge in [0.2, 0.25) is 0 Å². The van der Waals surface area contributed by atoms with E-state index in [0.29, 0.717) is 11.6 Å². The minimum absolute atomic E-state index is 0.130. The molecule has 1 fully saturated rings. The number of anilines is 1. The maximum atomic E-state index is 12.4. The smallest absolute Gasteiger partial charge is 0.401 e. The Hall–Kier alpha value is -3.16. The number of para-hydroxylation sites is 1. The third kappa shape index (κ3) is 3.26. The van der Waals surface area contributed by atoms with E-state index in [0.717, 1.165) is 31.4 Å². The molecule has 2 aliphatic rings. The second-order valence-corrected chi connectivity index (χ2v) is 7.17. The number of Topliss-reactive ketones (excluding diaryl/α,β-unsaturated/α-hetero) is 1. The lowest BCUT2D eigenvalue weighted by molar-refractivity contribution is -0.402. The Morgan fingerprint density at radius 3 is 2.46 bits per heavy atom. The molecule has 1 atom stereocenters. The number of benzene rings is 1. The van der Waals surface area contributed by atoms with Gasteiger partial charge in [0.25, 0.3) is 0 Å². The Morgan fingerprint density at radius 1 is 1.14 bits per heavy atom. The van der Waals surface area contributed by atoms with Gasteiger partial charge in [0.15, 0.2) is 23.5 Å². The molecule has 0 radical (unpaired) electrons. The fourth-order valence-electron chi connectivity index (χ4n) is 4.04. The number of rotatable bonds is 5. The molecule has 1 aromatic heterocycles. The van der Waals surface area contributed by atoms with Gasteiger partial charge in [-0.3, -0.25) is 14.9 Å². The number of furan rings is 1. The topological polar surface area (TPSA) is 92.2 Å². The summed E-state index contributed by atoms with van der Waals surface area (Å²) >= 11 is 0. The van der Waals surface area contributed by atoms with Crippen LogP contribution in [0.15, 0.2) is 52.0 Å². The molecule has 1 aromatic carbocycles. The van der Waals surface area contributed by atoms with Gasteiger partial charge in [-0.15, -0.1) is 5.10 Å². The van der Waals surface area contributed by atoms with Gasteiger partial charge in [0.1, 0.15) is 4.92 Å². The van der Waals surface area contributed by atoms with Crippen molar-refractivity contribution in [1.29, 1.82) is 0 Å². The van der Waals surface area contributed by atoms with Crippen molar-refractivity contribution in [3.8, 4) is 0 Å². The molecular weight excluding hydrogens is 360 g/mol. The molecule has 0 saturated heterocycles. The van der Waals surface area contributed by atoms with Crippen LogP contribution < -0.4 is 5.01 Å². The summed E-state index contributed by atoms with van der Waals surface area (Å²) < 4.78 is 5.56. The minimum atomic E-state index is -0.553. The van der Waals surface area contributed by atoms with Gasteiger partial charge in [-0.05, 0) is 31.0 Å². The van der Waals surface area contributed by atoms with Crippen LogP contribution in [-0.2, 0) is 4.79 Å². The zero-order valence-electron chi connectivity index (χ0n) is 15.7. The van der Waals surface area contributed by atoms with Gasteiger partial charge >= 0.3 is 5.88 Å². The van der Waals surface area contributed by atoms with Gasteiger partial charge in [0.05, 0.1) is 11.8 Å². The number of carbonyl (C=O) groups excluding carboxylic acids is 1. The molecule has 1 saturated carbocycles. The first-order valence-electron chi connectivity index (χ1n) is 9.52. The van der Waals surface area contributed by atoms with Crippen LogP contribution in [0.5, 0.6) is 0 Å². The van der Waals surface area contributed by atoms with Gasteiger partial charge in [-0.1, -0.05) is 37.5 Å². The van der Waals surface area contributed by atoms with Crippen LogP contribution in [0, 0.1) is 10.1 Å².